The minimum absolute atomic E-state index is 0.190. The van der Waals surface area contributed by atoms with Crippen LogP contribution in [0, 0.1) is 0 Å². The Morgan fingerprint density at radius 3 is 2.36 bits per heavy atom. The van der Waals surface area contributed by atoms with Crippen molar-refractivity contribution in [1.82, 2.24) is 4.90 Å². The molecular weight excluding hydrogens is 142 g/mol. The lowest BCUT2D eigenvalue weighted by Crippen LogP contribution is -2.36. The zero-order valence-electron chi connectivity index (χ0n) is 7.13. The monoisotopic (exact) mass is 155 g/mol. The Morgan fingerprint density at radius 2 is 2.09 bits per heavy atom. The van der Waals surface area contributed by atoms with Gasteiger partial charge in [-0.05, 0) is 13.8 Å². The molecule has 1 unspecified atom stereocenters. The molecule has 3 nitrogen and oxygen atoms in total. The van der Waals surface area contributed by atoms with Crippen LogP contribution in [-0.2, 0) is 9.59 Å². The van der Waals surface area contributed by atoms with Crippen molar-refractivity contribution in [2.24, 2.45) is 0 Å². The summed E-state index contributed by atoms with van der Waals surface area (Å²) in [6.45, 7) is 6.77. The van der Waals surface area contributed by atoms with Gasteiger partial charge in [-0.2, -0.15) is 0 Å². The molecule has 0 aliphatic heterocycles. The first kappa shape index (κ1) is 9.88. The van der Waals surface area contributed by atoms with Crippen LogP contribution in [0.2, 0.25) is 0 Å². The van der Waals surface area contributed by atoms with Crippen LogP contribution in [-0.4, -0.2) is 30.2 Å². The highest BCUT2D eigenvalue weighted by molar-refractivity contribution is 5.93. The van der Waals surface area contributed by atoms with Gasteiger partial charge in [-0.1, -0.05) is 6.58 Å². The van der Waals surface area contributed by atoms with Crippen LogP contribution in [0.15, 0.2) is 12.2 Å². The summed E-state index contributed by atoms with van der Waals surface area (Å²) in [4.78, 5) is 22.7. The fourth-order valence-electron chi connectivity index (χ4n) is 0.577. The molecule has 1 atom stereocenters. The Labute approximate surface area is 66.7 Å². The van der Waals surface area contributed by atoms with Crippen LogP contribution in [0.25, 0.3) is 0 Å². The van der Waals surface area contributed by atoms with Crippen molar-refractivity contribution >= 4 is 12.2 Å². The number of hydrogen-bond donors (Lipinski definition) is 0. The van der Waals surface area contributed by atoms with E-state index in [-0.39, 0.29) is 11.9 Å². The van der Waals surface area contributed by atoms with Gasteiger partial charge in [-0.15, -0.1) is 0 Å². The highest BCUT2D eigenvalue weighted by Crippen LogP contribution is 1.99. The minimum atomic E-state index is -0.376. The number of nitrogens with zero attached hydrogens (tertiary/aromatic N) is 1. The van der Waals surface area contributed by atoms with Crippen LogP contribution in [0.1, 0.15) is 13.8 Å². The van der Waals surface area contributed by atoms with Crippen LogP contribution in [0.5, 0.6) is 0 Å². The Bertz CT molecular complexity index is 187. The molecule has 0 fully saturated rings. The highest BCUT2D eigenvalue weighted by Gasteiger charge is 2.14. The Kier molecular flexibility index (Phi) is 3.51. The van der Waals surface area contributed by atoms with Gasteiger partial charge in [0.15, 0.2) is 0 Å². The normalized spacial score (nSPS) is 11.9. The number of carbonyl (C=O) groups is 2. The summed E-state index contributed by atoms with van der Waals surface area (Å²) in [6, 6.07) is -0.376. The molecule has 0 saturated heterocycles. The molecule has 11 heavy (non-hydrogen) atoms. The number of aldehydes is 1. The number of carbonyl (C=O) groups excluding carboxylic acids is 2. The summed E-state index contributed by atoms with van der Waals surface area (Å²) in [7, 11) is 1.58. The maximum absolute atomic E-state index is 11.1. The van der Waals surface area contributed by atoms with Gasteiger partial charge in [0.1, 0.15) is 6.29 Å². The van der Waals surface area contributed by atoms with E-state index in [0.717, 1.165) is 6.29 Å². The van der Waals surface area contributed by atoms with Crippen molar-refractivity contribution in [2.75, 3.05) is 7.05 Å². The van der Waals surface area contributed by atoms with Crippen molar-refractivity contribution in [3.63, 3.8) is 0 Å². The summed E-state index contributed by atoms with van der Waals surface area (Å²) in [5.41, 5.74) is 0.446. The van der Waals surface area contributed by atoms with E-state index in [0.29, 0.717) is 5.57 Å². The number of rotatable bonds is 3. The van der Waals surface area contributed by atoms with Crippen molar-refractivity contribution in [1.29, 1.82) is 0 Å². The summed E-state index contributed by atoms with van der Waals surface area (Å²) < 4.78 is 0. The predicted molar refractivity (Wildman–Crippen MR) is 43.1 cm³/mol. The molecule has 0 heterocycles. The summed E-state index contributed by atoms with van der Waals surface area (Å²) >= 11 is 0. The van der Waals surface area contributed by atoms with Gasteiger partial charge in [0.05, 0.1) is 6.04 Å². The van der Waals surface area contributed by atoms with Crippen molar-refractivity contribution in [3.8, 4) is 0 Å². The molecule has 0 radical (unpaired) electrons. The van der Waals surface area contributed by atoms with E-state index in [4.69, 9.17) is 0 Å². The van der Waals surface area contributed by atoms with Gasteiger partial charge in [-0.25, -0.2) is 0 Å². The van der Waals surface area contributed by atoms with Crippen LogP contribution in [0.4, 0.5) is 0 Å². The fourth-order valence-corrected chi connectivity index (χ4v) is 0.577. The van der Waals surface area contributed by atoms with Crippen molar-refractivity contribution in [3.05, 3.63) is 12.2 Å². The van der Waals surface area contributed by atoms with Crippen molar-refractivity contribution < 1.29 is 9.59 Å². The zero-order chi connectivity index (χ0) is 9.02. The van der Waals surface area contributed by atoms with E-state index < -0.39 is 0 Å². The van der Waals surface area contributed by atoms with Gasteiger partial charge in [0, 0.05) is 12.6 Å². The molecular formula is C8H13NO2. The maximum Gasteiger partial charge on any atom is 0.249 e. The summed E-state index contributed by atoms with van der Waals surface area (Å²) in [5, 5.41) is 0. The van der Waals surface area contributed by atoms with Crippen LogP contribution >= 0.6 is 0 Å². The second-order valence-electron chi connectivity index (χ2n) is 2.57. The van der Waals surface area contributed by atoms with E-state index in [1.54, 1.807) is 20.9 Å². The standard InChI is InChI=1S/C8H13NO2/c1-6(2)8(11)9(4)7(3)5-10/h5,7H,1H2,2-4H3. The SMILES string of the molecule is C=C(C)C(=O)N(C)C(C)C=O. The second-order valence-corrected chi connectivity index (χ2v) is 2.57. The topological polar surface area (TPSA) is 37.4 Å². The Morgan fingerprint density at radius 1 is 1.64 bits per heavy atom. The quantitative estimate of drug-likeness (QED) is 0.442. The molecule has 0 aromatic carbocycles. The van der Waals surface area contributed by atoms with E-state index in [1.165, 1.54) is 4.90 Å². The molecule has 0 aromatic heterocycles. The summed E-state index contributed by atoms with van der Waals surface area (Å²) in [6.07, 6.45) is 0.723. The average Bonchev–Trinajstić information content (AvgIpc) is 2.00. The highest BCUT2D eigenvalue weighted by atomic mass is 16.2. The van der Waals surface area contributed by atoms with Crippen LogP contribution in [0.3, 0.4) is 0 Å². The lowest BCUT2D eigenvalue weighted by Gasteiger charge is -2.19. The Hall–Kier alpha value is -1.12. The largest absolute Gasteiger partial charge is 0.333 e. The predicted octanol–water partition coefficient (Wildman–Crippen LogP) is 0.608. The zero-order valence-corrected chi connectivity index (χ0v) is 7.13. The number of hydrogen-bond acceptors (Lipinski definition) is 2. The third-order valence-electron chi connectivity index (χ3n) is 1.49. The first-order valence-corrected chi connectivity index (χ1v) is 3.38. The van der Waals surface area contributed by atoms with Gasteiger partial charge < -0.3 is 9.69 Å². The second kappa shape index (κ2) is 3.91. The smallest absolute Gasteiger partial charge is 0.249 e. The maximum atomic E-state index is 11.1. The van der Waals surface area contributed by atoms with Gasteiger partial charge >= 0.3 is 0 Å². The molecule has 3 heteroatoms. The van der Waals surface area contributed by atoms with Crippen molar-refractivity contribution in [2.45, 2.75) is 19.9 Å². The van der Waals surface area contributed by atoms with Gasteiger partial charge in [-0.3, -0.25) is 4.79 Å². The molecule has 0 aliphatic carbocycles. The number of amides is 1. The number of likely N-dealkylation sites (N-methyl/N-ethyl adjacent to an activating group) is 1. The molecule has 0 aliphatic rings. The third kappa shape index (κ3) is 2.53. The fraction of sp³-hybridized carbons (Fsp3) is 0.500. The van der Waals surface area contributed by atoms with Gasteiger partial charge in [0.25, 0.3) is 0 Å². The van der Waals surface area contributed by atoms with E-state index in [9.17, 15) is 9.59 Å². The van der Waals surface area contributed by atoms with E-state index in [1.807, 2.05) is 0 Å². The van der Waals surface area contributed by atoms with E-state index >= 15 is 0 Å². The first-order chi connectivity index (χ1) is 5.00. The molecule has 0 aromatic rings. The third-order valence-corrected chi connectivity index (χ3v) is 1.49. The molecule has 0 rings (SSSR count). The van der Waals surface area contributed by atoms with Gasteiger partial charge in [0.2, 0.25) is 5.91 Å². The Balaban J connectivity index is 4.24. The minimum Gasteiger partial charge on any atom is -0.333 e. The molecule has 0 N–H and O–H groups in total. The van der Waals surface area contributed by atoms with Crippen LogP contribution < -0.4 is 0 Å². The molecule has 1 amide bonds. The lowest BCUT2D eigenvalue weighted by atomic mass is 10.2. The average molecular weight is 155 g/mol. The first-order valence-electron chi connectivity index (χ1n) is 3.38. The molecule has 0 spiro atoms. The summed E-state index contributed by atoms with van der Waals surface area (Å²) in [5.74, 6) is -0.190. The molecule has 0 saturated carbocycles. The molecule has 62 valence electrons. The van der Waals surface area contributed by atoms with E-state index in [2.05, 4.69) is 6.58 Å². The lowest BCUT2D eigenvalue weighted by molar-refractivity contribution is -0.130. The molecule has 0 bridgehead atoms.